The molecule has 1 aliphatic heterocycles. The summed E-state index contributed by atoms with van der Waals surface area (Å²) >= 11 is 1.46. The quantitative estimate of drug-likeness (QED) is 0.620. The Morgan fingerprint density at radius 2 is 2.00 bits per heavy atom. The molecule has 9 nitrogen and oxygen atoms in total. The number of aryl methyl sites for hydroxylation is 1. The van der Waals surface area contributed by atoms with E-state index in [0.717, 1.165) is 47.7 Å². The Hall–Kier alpha value is -3.29. The van der Waals surface area contributed by atoms with Gasteiger partial charge in [0.1, 0.15) is 5.82 Å². The van der Waals surface area contributed by atoms with E-state index in [1.165, 1.54) is 17.5 Å². The van der Waals surface area contributed by atoms with Crippen LogP contribution in [0.4, 0.5) is 28.3 Å². The van der Waals surface area contributed by atoms with E-state index in [1.807, 2.05) is 32.3 Å². The van der Waals surface area contributed by atoms with E-state index in [-0.39, 0.29) is 0 Å². The second kappa shape index (κ2) is 8.38. The molecular weight excluding hydrogens is 388 g/mol. The van der Waals surface area contributed by atoms with Crippen LogP contribution < -0.4 is 15.5 Å². The molecule has 0 spiro atoms. The summed E-state index contributed by atoms with van der Waals surface area (Å²) < 4.78 is 5.39. The molecule has 3 aromatic heterocycles. The van der Waals surface area contributed by atoms with E-state index in [0.29, 0.717) is 23.1 Å². The fourth-order valence-electron chi connectivity index (χ4n) is 2.99. The van der Waals surface area contributed by atoms with Crippen LogP contribution in [0.1, 0.15) is 5.69 Å². The van der Waals surface area contributed by atoms with E-state index < -0.39 is 0 Å². The Morgan fingerprint density at radius 1 is 1.17 bits per heavy atom. The lowest BCUT2D eigenvalue weighted by atomic mass is 10.2. The standard InChI is InChI=1S/C19H20N8OS/c1-12-17(29-19(21-3)24-12)16-14(20-2)11-23-18(26-16)25-15-5-4-13(10-22-15)27-6-8-28-9-7-27/h4-5,10-11H,6-9H2,1,3H3,(H,21,24)(H,22,23,25,26). The summed E-state index contributed by atoms with van der Waals surface area (Å²) in [5, 5.41) is 6.94. The predicted octanol–water partition coefficient (Wildman–Crippen LogP) is 3.48. The minimum Gasteiger partial charge on any atom is -0.378 e. The van der Waals surface area contributed by atoms with Crippen LogP contribution in [0.3, 0.4) is 0 Å². The number of rotatable bonds is 5. The van der Waals surface area contributed by atoms with Gasteiger partial charge >= 0.3 is 0 Å². The number of ether oxygens (including phenoxy) is 1. The third-order valence-corrected chi connectivity index (χ3v) is 5.66. The van der Waals surface area contributed by atoms with Crippen molar-refractivity contribution in [3.8, 4) is 10.6 Å². The van der Waals surface area contributed by atoms with Gasteiger partial charge in [-0.1, -0.05) is 11.3 Å². The topological polar surface area (TPSA) is 92.5 Å². The van der Waals surface area contributed by atoms with Gasteiger partial charge in [-0.15, -0.1) is 0 Å². The Morgan fingerprint density at radius 3 is 2.66 bits per heavy atom. The van der Waals surface area contributed by atoms with Crippen LogP contribution in [-0.4, -0.2) is 53.3 Å². The van der Waals surface area contributed by atoms with Crippen LogP contribution in [-0.2, 0) is 4.74 Å². The molecule has 1 fully saturated rings. The average molecular weight is 408 g/mol. The fraction of sp³-hybridized carbons (Fsp3) is 0.316. The van der Waals surface area contributed by atoms with Gasteiger partial charge in [-0.2, -0.15) is 0 Å². The Bertz CT molecular complexity index is 1040. The minimum absolute atomic E-state index is 0.387. The van der Waals surface area contributed by atoms with Gasteiger partial charge in [-0.05, 0) is 19.1 Å². The summed E-state index contributed by atoms with van der Waals surface area (Å²) in [6.45, 7) is 12.5. The SMILES string of the molecule is [C-]#[N+]c1cnc(Nc2ccc(N3CCOCC3)cn2)nc1-c1sc(NC)nc1C. The summed E-state index contributed by atoms with van der Waals surface area (Å²) in [5.41, 5.74) is 2.84. The highest BCUT2D eigenvalue weighted by molar-refractivity contribution is 7.19. The molecule has 4 rings (SSSR count). The molecule has 10 heteroatoms. The van der Waals surface area contributed by atoms with E-state index in [2.05, 4.69) is 40.3 Å². The van der Waals surface area contributed by atoms with Gasteiger partial charge in [-0.3, -0.25) is 0 Å². The highest BCUT2D eigenvalue weighted by atomic mass is 32.1. The lowest BCUT2D eigenvalue weighted by molar-refractivity contribution is 0.122. The Balaban J connectivity index is 1.57. The van der Waals surface area contributed by atoms with E-state index in [9.17, 15) is 0 Å². The molecule has 4 heterocycles. The van der Waals surface area contributed by atoms with Crippen molar-refractivity contribution >= 4 is 39.6 Å². The number of nitrogens with one attached hydrogen (secondary N) is 2. The van der Waals surface area contributed by atoms with Crippen molar-refractivity contribution in [2.24, 2.45) is 0 Å². The summed E-state index contributed by atoms with van der Waals surface area (Å²) in [5.74, 6) is 1.03. The number of morpholine rings is 1. The zero-order chi connectivity index (χ0) is 20.2. The third-order valence-electron chi connectivity index (χ3n) is 4.48. The number of hydrogen-bond donors (Lipinski definition) is 2. The first-order valence-corrected chi connectivity index (χ1v) is 9.95. The van der Waals surface area contributed by atoms with Crippen LogP contribution in [0.5, 0.6) is 0 Å². The van der Waals surface area contributed by atoms with E-state index in [1.54, 1.807) is 0 Å². The Kier molecular flexibility index (Phi) is 5.50. The molecular formula is C19H20N8OS. The van der Waals surface area contributed by atoms with Crippen molar-refractivity contribution < 1.29 is 4.74 Å². The highest BCUT2D eigenvalue weighted by Gasteiger charge is 2.17. The molecule has 0 unspecified atom stereocenters. The zero-order valence-electron chi connectivity index (χ0n) is 16.1. The molecule has 3 aromatic rings. The van der Waals surface area contributed by atoms with Crippen molar-refractivity contribution in [3.63, 3.8) is 0 Å². The molecule has 0 aromatic carbocycles. The molecule has 0 atom stereocenters. The van der Waals surface area contributed by atoms with Crippen LogP contribution in [0.15, 0.2) is 24.5 Å². The number of aromatic nitrogens is 4. The van der Waals surface area contributed by atoms with Crippen molar-refractivity contribution in [2.75, 3.05) is 48.9 Å². The first-order valence-electron chi connectivity index (χ1n) is 9.13. The molecule has 148 valence electrons. The largest absolute Gasteiger partial charge is 0.378 e. The summed E-state index contributed by atoms with van der Waals surface area (Å²) in [7, 11) is 1.82. The molecule has 0 bridgehead atoms. The molecule has 1 aliphatic rings. The molecule has 0 saturated carbocycles. The molecule has 2 N–H and O–H groups in total. The van der Waals surface area contributed by atoms with Crippen LogP contribution in [0.2, 0.25) is 0 Å². The Labute approximate surface area is 172 Å². The van der Waals surface area contributed by atoms with Gasteiger partial charge in [-0.25, -0.2) is 24.8 Å². The fourth-order valence-corrected chi connectivity index (χ4v) is 3.91. The maximum Gasteiger partial charge on any atom is 0.231 e. The molecule has 29 heavy (non-hydrogen) atoms. The van der Waals surface area contributed by atoms with Gasteiger partial charge in [0.2, 0.25) is 11.6 Å². The maximum absolute atomic E-state index is 7.44. The summed E-state index contributed by atoms with van der Waals surface area (Å²) in [4.78, 5) is 24.4. The molecule has 0 amide bonds. The zero-order valence-corrected chi connectivity index (χ0v) is 17.0. The van der Waals surface area contributed by atoms with E-state index >= 15 is 0 Å². The summed E-state index contributed by atoms with van der Waals surface area (Å²) in [6, 6.07) is 3.91. The second-order valence-corrected chi connectivity index (χ2v) is 7.35. The smallest absolute Gasteiger partial charge is 0.231 e. The first-order chi connectivity index (χ1) is 14.2. The number of thiazole rings is 1. The van der Waals surface area contributed by atoms with Crippen molar-refractivity contribution in [1.29, 1.82) is 0 Å². The van der Waals surface area contributed by atoms with Crippen LogP contribution >= 0.6 is 11.3 Å². The van der Waals surface area contributed by atoms with Gasteiger partial charge in [0.15, 0.2) is 5.13 Å². The number of hydrogen-bond acceptors (Lipinski definition) is 9. The van der Waals surface area contributed by atoms with Crippen LogP contribution in [0.25, 0.3) is 15.4 Å². The molecule has 0 aliphatic carbocycles. The normalized spacial score (nSPS) is 13.8. The monoisotopic (exact) mass is 408 g/mol. The number of pyridine rings is 1. The van der Waals surface area contributed by atoms with Gasteiger partial charge in [0.25, 0.3) is 0 Å². The third kappa shape index (κ3) is 4.11. The van der Waals surface area contributed by atoms with Gasteiger partial charge < -0.3 is 20.3 Å². The second-order valence-electron chi connectivity index (χ2n) is 6.35. The van der Waals surface area contributed by atoms with Gasteiger partial charge in [0.05, 0.1) is 47.9 Å². The number of nitrogens with zero attached hydrogens (tertiary/aromatic N) is 6. The van der Waals surface area contributed by atoms with Crippen molar-refractivity contribution in [2.45, 2.75) is 6.92 Å². The van der Waals surface area contributed by atoms with Crippen molar-refractivity contribution in [3.05, 3.63) is 41.6 Å². The summed E-state index contributed by atoms with van der Waals surface area (Å²) in [6.07, 6.45) is 3.35. The lowest BCUT2D eigenvalue weighted by Crippen LogP contribution is -2.36. The predicted molar refractivity (Wildman–Crippen MR) is 114 cm³/mol. The minimum atomic E-state index is 0.387. The number of anilines is 4. The first kappa shape index (κ1) is 19.0. The lowest BCUT2D eigenvalue weighted by Gasteiger charge is -2.28. The molecule has 0 radical (unpaired) electrons. The van der Waals surface area contributed by atoms with Gasteiger partial charge in [0, 0.05) is 26.3 Å². The van der Waals surface area contributed by atoms with Crippen molar-refractivity contribution in [1.82, 2.24) is 19.9 Å². The highest BCUT2D eigenvalue weighted by Crippen LogP contribution is 2.37. The molecule has 1 saturated heterocycles. The maximum atomic E-state index is 7.44. The van der Waals surface area contributed by atoms with Crippen LogP contribution in [0, 0.1) is 13.5 Å². The van der Waals surface area contributed by atoms with E-state index in [4.69, 9.17) is 11.3 Å². The average Bonchev–Trinajstić information content (AvgIpc) is 3.15.